The van der Waals surface area contributed by atoms with E-state index in [1.807, 2.05) is 0 Å². The molecule has 1 amide bonds. The van der Waals surface area contributed by atoms with Gasteiger partial charge >= 0.3 is 0 Å². The van der Waals surface area contributed by atoms with Crippen LogP contribution in [0.2, 0.25) is 0 Å². The van der Waals surface area contributed by atoms with E-state index >= 15 is 0 Å². The van der Waals surface area contributed by atoms with E-state index in [0.717, 1.165) is 11.4 Å². The minimum atomic E-state index is -3.64. The number of aromatic nitrogens is 2. The molecule has 1 aromatic carbocycles. The van der Waals surface area contributed by atoms with E-state index in [-0.39, 0.29) is 10.8 Å². The molecule has 1 atom stereocenters. The van der Waals surface area contributed by atoms with Crippen LogP contribution in [0.25, 0.3) is 0 Å². The first-order valence-electron chi connectivity index (χ1n) is 7.45. The van der Waals surface area contributed by atoms with Crippen molar-refractivity contribution < 1.29 is 13.2 Å². The lowest BCUT2D eigenvalue weighted by molar-refractivity contribution is -0.134. The molecule has 0 unspecified atom stereocenters. The third kappa shape index (κ3) is 2.43. The molecular weight excluding hydrogens is 316 g/mol. The molecule has 23 heavy (non-hydrogen) atoms. The molecule has 120 valence electrons. The van der Waals surface area contributed by atoms with Crippen LogP contribution < -0.4 is 4.72 Å². The second-order valence-electron chi connectivity index (χ2n) is 5.82. The molecule has 2 N–H and O–H groups in total. The van der Waals surface area contributed by atoms with E-state index < -0.39 is 16.1 Å². The Morgan fingerprint density at radius 2 is 2.13 bits per heavy atom. The zero-order valence-corrected chi connectivity index (χ0v) is 13.1. The monoisotopic (exact) mass is 332 g/mol. The van der Waals surface area contributed by atoms with Crippen molar-refractivity contribution in [2.24, 2.45) is 0 Å². The first-order valence-corrected chi connectivity index (χ1v) is 8.93. The molecule has 0 saturated heterocycles. The van der Waals surface area contributed by atoms with Gasteiger partial charge in [0.2, 0.25) is 15.9 Å². The van der Waals surface area contributed by atoms with Crippen molar-refractivity contribution in [2.75, 3.05) is 6.54 Å². The van der Waals surface area contributed by atoms with Crippen molar-refractivity contribution in [3.63, 3.8) is 0 Å². The summed E-state index contributed by atoms with van der Waals surface area (Å²) in [5.74, 6) is -0.191. The van der Waals surface area contributed by atoms with Crippen LogP contribution in [0.5, 0.6) is 0 Å². The summed E-state index contributed by atoms with van der Waals surface area (Å²) in [6, 6.07) is 6.05. The summed E-state index contributed by atoms with van der Waals surface area (Å²) in [7, 11) is -3.64. The van der Waals surface area contributed by atoms with Crippen LogP contribution in [0.4, 0.5) is 0 Å². The molecule has 2 aromatic rings. The number of hydrogen-bond acceptors (Lipinski definition) is 4. The van der Waals surface area contributed by atoms with Gasteiger partial charge < -0.3 is 9.88 Å². The number of carbonyl (C=O) groups is 1. The van der Waals surface area contributed by atoms with Crippen LogP contribution in [0.15, 0.2) is 35.5 Å². The number of H-pyrrole nitrogens is 1. The minimum Gasteiger partial charge on any atom is -0.347 e. The van der Waals surface area contributed by atoms with Gasteiger partial charge in [-0.1, -0.05) is 18.2 Å². The molecule has 0 bridgehead atoms. The summed E-state index contributed by atoms with van der Waals surface area (Å²) < 4.78 is 27.2. The van der Waals surface area contributed by atoms with Gasteiger partial charge in [-0.05, 0) is 18.1 Å². The number of rotatable bonds is 1. The van der Waals surface area contributed by atoms with Gasteiger partial charge in [-0.2, -0.15) is 4.72 Å². The molecular formula is C15H16N4O3S. The van der Waals surface area contributed by atoms with E-state index in [1.54, 1.807) is 35.5 Å². The molecule has 8 heteroatoms. The number of fused-ring (bicyclic) bond motifs is 2. The molecule has 0 fully saturated rings. The number of nitrogens with zero attached hydrogens (tertiary/aromatic N) is 2. The molecule has 7 nitrogen and oxygen atoms in total. The Kier molecular flexibility index (Phi) is 3.24. The van der Waals surface area contributed by atoms with Gasteiger partial charge in [0.1, 0.15) is 6.04 Å². The van der Waals surface area contributed by atoms with Crippen molar-refractivity contribution in [1.29, 1.82) is 0 Å². The minimum absolute atomic E-state index is 0.191. The Morgan fingerprint density at radius 1 is 1.30 bits per heavy atom. The van der Waals surface area contributed by atoms with Gasteiger partial charge in [0, 0.05) is 13.0 Å². The van der Waals surface area contributed by atoms with Crippen LogP contribution >= 0.6 is 0 Å². The van der Waals surface area contributed by atoms with E-state index in [2.05, 4.69) is 14.7 Å². The van der Waals surface area contributed by atoms with Crippen molar-refractivity contribution in [2.45, 2.75) is 30.3 Å². The SMILES string of the molecule is O=C([C@H]1Cc2ccccc2S(=O)(=O)N1)N1CCc2nc[nH]c2C1. The predicted molar refractivity (Wildman–Crippen MR) is 82.0 cm³/mol. The maximum absolute atomic E-state index is 12.7. The van der Waals surface area contributed by atoms with Crippen molar-refractivity contribution in [3.05, 3.63) is 47.5 Å². The molecule has 4 rings (SSSR count). The van der Waals surface area contributed by atoms with Crippen LogP contribution in [0.3, 0.4) is 0 Å². The number of amides is 1. The first-order chi connectivity index (χ1) is 11.0. The highest BCUT2D eigenvalue weighted by molar-refractivity contribution is 7.89. The fourth-order valence-electron chi connectivity index (χ4n) is 3.21. The van der Waals surface area contributed by atoms with E-state index in [1.165, 1.54) is 0 Å². The van der Waals surface area contributed by atoms with Crippen LogP contribution in [0.1, 0.15) is 17.0 Å². The predicted octanol–water partition coefficient (Wildman–Crippen LogP) is 0.198. The van der Waals surface area contributed by atoms with Gasteiger partial charge in [0.15, 0.2) is 0 Å². The second kappa shape index (κ2) is 5.17. The van der Waals surface area contributed by atoms with Gasteiger partial charge in [0.05, 0.1) is 29.2 Å². The molecule has 0 saturated carbocycles. The van der Waals surface area contributed by atoms with E-state index in [9.17, 15) is 13.2 Å². The molecule has 0 spiro atoms. The zero-order valence-electron chi connectivity index (χ0n) is 12.3. The number of benzene rings is 1. The summed E-state index contributed by atoms with van der Waals surface area (Å²) >= 11 is 0. The fraction of sp³-hybridized carbons (Fsp3) is 0.333. The van der Waals surface area contributed by atoms with Crippen molar-refractivity contribution in [3.8, 4) is 0 Å². The molecule has 2 aliphatic heterocycles. The Balaban J connectivity index is 1.59. The lowest BCUT2D eigenvalue weighted by Crippen LogP contribution is -2.52. The average molecular weight is 332 g/mol. The van der Waals surface area contributed by atoms with Gasteiger partial charge in [-0.3, -0.25) is 4.79 Å². The Bertz CT molecular complexity index is 874. The third-order valence-corrected chi connectivity index (χ3v) is 5.94. The average Bonchev–Trinajstić information content (AvgIpc) is 3.01. The maximum atomic E-state index is 12.7. The summed E-state index contributed by atoms with van der Waals surface area (Å²) in [5, 5.41) is 0. The molecule has 3 heterocycles. The van der Waals surface area contributed by atoms with Crippen LogP contribution in [-0.4, -0.2) is 41.8 Å². The van der Waals surface area contributed by atoms with Gasteiger partial charge in [-0.25, -0.2) is 13.4 Å². The molecule has 1 aromatic heterocycles. The summed E-state index contributed by atoms with van der Waals surface area (Å²) in [5.41, 5.74) is 2.58. The fourth-order valence-corrected chi connectivity index (χ4v) is 4.65. The number of carbonyl (C=O) groups excluding carboxylic acids is 1. The summed E-state index contributed by atoms with van der Waals surface area (Å²) in [4.78, 5) is 21.9. The van der Waals surface area contributed by atoms with Crippen molar-refractivity contribution >= 4 is 15.9 Å². The lowest BCUT2D eigenvalue weighted by Gasteiger charge is -2.32. The van der Waals surface area contributed by atoms with Gasteiger partial charge in [-0.15, -0.1) is 0 Å². The Morgan fingerprint density at radius 3 is 3.00 bits per heavy atom. The standard InChI is InChI=1S/C15H16N4O3S/c20-15(19-6-5-11-13(8-19)17-9-16-11)12-7-10-3-1-2-4-14(10)23(21,22)18-12/h1-4,9,12,18H,5-8H2,(H,16,17)/t12-/m1/s1. The Hall–Kier alpha value is -2.19. The lowest BCUT2D eigenvalue weighted by atomic mass is 10.0. The van der Waals surface area contributed by atoms with Crippen molar-refractivity contribution in [1.82, 2.24) is 19.6 Å². The Labute approximate surface area is 133 Å². The van der Waals surface area contributed by atoms with E-state index in [4.69, 9.17) is 0 Å². The zero-order chi connectivity index (χ0) is 16.0. The highest BCUT2D eigenvalue weighted by atomic mass is 32.2. The van der Waals surface area contributed by atoms with E-state index in [0.29, 0.717) is 31.5 Å². The highest BCUT2D eigenvalue weighted by Crippen LogP contribution is 2.24. The van der Waals surface area contributed by atoms with Crippen LogP contribution in [-0.2, 0) is 34.2 Å². The van der Waals surface area contributed by atoms with Crippen LogP contribution in [0, 0.1) is 0 Å². The molecule has 0 aliphatic carbocycles. The molecule has 0 radical (unpaired) electrons. The summed E-state index contributed by atoms with van der Waals surface area (Å²) in [6.07, 6.45) is 2.68. The quantitative estimate of drug-likeness (QED) is 0.780. The first kappa shape index (κ1) is 14.4. The highest BCUT2D eigenvalue weighted by Gasteiger charge is 2.36. The maximum Gasteiger partial charge on any atom is 0.241 e. The second-order valence-corrected chi connectivity index (χ2v) is 7.51. The summed E-state index contributed by atoms with van der Waals surface area (Å²) in [6.45, 7) is 0.991. The third-order valence-electron chi connectivity index (χ3n) is 4.37. The van der Waals surface area contributed by atoms with Gasteiger partial charge in [0.25, 0.3) is 0 Å². The number of sulfonamides is 1. The topological polar surface area (TPSA) is 95.2 Å². The number of imidazole rings is 1. The number of hydrogen-bond donors (Lipinski definition) is 2. The number of aromatic amines is 1. The molecule has 2 aliphatic rings. The normalized spacial score (nSPS) is 22.3. The smallest absolute Gasteiger partial charge is 0.241 e. The largest absolute Gasteiger partial charge is 0.347 e. The number of nitrogens with one attached hydrogen (secondary N) is 2.